The Hall–Kier alpha value is -0.160. The first kappa shape index (κ1) is 13.3. The molecule has 17 heavy (non-hydrogen) atoms. The van der Waals surface area contributed by atoms with Crippen molar-refractivity contribution in [3.63, 3.8) is 0 Å². The van der Waals surface area contributed by atoms with Gasteiger partial charge in [-0.25, -0.2) is 0 Å². The average molecular weight is 240 g/mol. The monoisotopic (exact) mass is 240 g/mol. The number of piperazine rings is 1. The fraction of sp³-hybridized carbons (Fsp3) is 1.00. The van der Waals surface area contributed by atoms with Crippen LogP contribution in [0.5, 0.6) is 0 Å². The van der Waals surface area contributed by atoms with Crippen molar-refractivity contribution in [1.29, 1.82) is 0 Å². The van der Waals surface area contributed by atoms with E-state index in [1.165, 1.54) is 52.1 Å². The van der Waals surface area contributed by atoms with Crippen LogP contribution in [-0.4, -0.2) is 87.2 Å². The van der Waals surface area contributed by atoms with Crippen LogP contribution in [0.4, 0.5) is 0 Å². The lowest BCUT2D eigenvalue weighted by Gasteiger charge is -2.32. The van der Waals surface area contributed by atoms with Gasteiger partial charge in [-0.2, -0.15) is 0 Å². The molecule has 0 spiro atoms. The Balaban J connectivity index is 1.43. The van der Waals surface area contributed by atoms with Gasteiger partial charge in [0.25, 0.3) is 0 Å². The summed E-state index contributed by atoms with van der Waals surface area (Å²) in [6.07, 6.45) is 2.83. The topological polar surface area (TPSA) is 21.8 Å². The van der Waals surface area contributed by atoms with E-state index in [0.717, 1.165) is 19.1 Å². The third kappa shape index (κ3) is 4.92. The summed E-state index contributed by atoms with van der Waals surface area (Å²) < 4.78 is 0. The first-order chi connectivity index (χ1) is 8.25. The fourth-order valence-corrected chi connectivity index (χ4v) is 2.39. The molecular weight excluding hydrogens is 212 g/mol. The molecule has 0 aromatic carbocycles. The summed E-state index contributed by atoms with van der Waals surface area (Å²) in [7, 11) is 4.46. The molecule has 1 heterocycles. The van der Waals surface area contributed by atoms with Gasteiger partial charge in [0.05, 0.1) is 0 Å². The van der Waals surface area contributed by atoms with Gasteiger partial charge in [-0.05, 0) is 26.9 Å². The lowest BCUT2D eigenvalue weighted by Crippen LogP contribution is -2.46. The Morgan fingerprint density at radius 3 is 2.47 bits per heavy atom. The number of nitrogens with zero attached hydrogens (tertiary/aromatic N) is 3. The van der Waals surface area contributed by atoms with Gasteiger partial charge in [0.2, 0.25) is 0 Å². The van der Waals surface area contributed by atoms with Crippen LogP contribution in [0.1, 0.15) is 12.8 Å². The molecule has 2 rings (SSSR count). The number of rotatable bonds is 7. The Kier molecular flexibility index (Phi) is 5.22. The van der Waals surface area contributed by atoms with Gasteiger partial charge in [-0.15, -0.1) is 0 Å². The molecule has 2 fully saturated rings. The summed E-state index contributed by atoms with van der Waals surface area (Å²) in [5.74, 6) is 0. The number of hydrogen-bond acceptors (Lipinski definition) is 4. The number of hydrogen-bond donors (Lipinski definition) is 1. The van der Waals surface area contributed by atoms with Crippen molar-refractivity contribution >= 4 is 0 Å². The van der Waals surface area contributed by atoms with Crippen molar-refractivity contribution in [2.45, 2.75) is 18.9 Å². The Morgan fingerprint density at radius 2 is 1.82 bits per heavy atom. The highest BCUT2D eigenvalue weighted by molar-refractivity contribution is 4.82. The summed E-state index contributed by atoms with van der Waals surface area (Å²) in [4.78, 5) is 7.47. The summed E-state index contributed by atoms with van der Waals surface area (Å²) in [5, 5.41) is 3.56. The van der Waals surface area contributed by atoms with Gasteiger partial charge in [0.1, 0.15) is 0 Å². The van der Waals surface area contributed by atoms with Crippen LogP contribution in [-0.2, 0) is 0 Å². The van der Waals surface area contributed by atoms with E-state index in [2.05, 4.69) is 34.1 Å². The number of likely N-dealkylation sites (N-methyl/N-ethyl adjacent to an activating group) is 2. The molecule has 0 atom stereocenters. The predicted molar refractivity (Wildman–Crippen MR) is 72.5 cm³/mol. The lowest BCUT2D eigenvalue weighted by atomic mass is 10.3. The van der Waals surface area contributed by atoms with Crippen LogP contribution in [0.2, 0.25) is 0 Å². The minimum Gasteiger partial charge on any atom is -0.314 e. The van der Waals surface area contributed by atoms with Crippen molar-refractivity contribution in [1.82, 2.24) is 20.0 Å². The Labute approximate surface area is 106 Å². The predicted octanol–water partition coefficient (Wildman–Crippen LogP) is -0.0824. The second kappa shape index (κ2) is 6.69. The molecule has 1 aliphatic carbocycles. The molecule has 1 saturated heterocycles. The van der Waals surface area contributed by atoms with E-state index in [1.54, 1.807) is 0 Å². The van der Waals surface area contributed by atoms with Gasteiger partial charge in [0, 0.05) is 58.4 Å². The first-order valence-electron chi connectivity index (χ1n) is 7.07. The lowest BCUT2D eigenvalue weighted by molar-refractivity contribution is 0.154. The average Bonchev–Trinajstić information content (AvgIpc) is 3.15. The largest absolute Gasteiger partial charge is 0.314 e. The normalized spacial score (nSPS) is 23.5. The molecule has 4 nitrogen and oxygen atoms in total. The van der Waals surface area contributed by atoms with Crippen molar-refractivity contribution < 1.29 is 0 Å². The van der Waals surface area contributed by atoms with Crippen LogP contribution in [0.25, 0.3) is 0 Å². The first-order valence-corrected chi connectivity index (χ1v) is 7.07. The molecule has 2 aliphatic rings. The quantitative estimate of drug-likeness (QED) is 0.628. The van der Waals surface area contributed by atoms with E-state index in [-0.39, 0.29) is 0 Å². The standard InChI is InChI=1S/C13H28N4/c1-15-9-11-17(12-10-15)8-6-14-5-7-16(2)13-3-4-13/h13-14H,3-12H2,1-2H3. The van der Waals surface area contributed by atoms with Crippen LogP contribution >= 0.6 is 0 Å². The van der Waals surface area contributed by atoms with Gasteiger partial charge in [-0.3, -0.25) is 4.90 Å². The summed E-state index contributed by atoms with van der Waals surface area (Å²) in [6, 6.07) is 0.898. The third-order valence-electron chi connectivity index (χ3n) is 4.01. The molecule has 4 heteroatoms. The second-order valence-corrected chi connectivity index (χ2v) is 5.61. The highest BCUT2D eigenvalue weighted by Crippen LogP contribution is 2.24. The van der Waals surface area contributed by atoms with Crippen LogP contribution in [0, 0.1) is 0 Å². The SMILES string of the molecule is CN1CCN(CCNCCN(C)C2CC2)CC1. The molecular formula is C13H28N4. The van der Waals surface area contributed by atoms with Crippen molar-refractivity contribution in [2.75, 3.05) is 66.5 Å². The van der Waals surface area contributed by atoms with Gasteiger partial charge >= 0.3 is 0 Å². The van der Waals surface area contributed by atoms with Crippen LogP contribution < -0.4 is 5.32 Å². The highest BCUT2D eigenvalue weighted by Gasteiger charge is 2.25. The van der Waals surface area contributed by atoms with Crippen LogP contribution in [0.3, 0.4) is 0 Å². The van der Waals surface area contributed by atoms with E-state index in [4.69, 9.17) is 0 Å². The van der Waals surface area contributed by atoms with Gasteiger partial charge in [-0.1, -0.05) is 0 Å². The second-order valence-electron chi connectivity index (χ2n) is 5.61. The molecule has 1 aliphatic heterocycles. The molecule has 0 unspecified atom stereocenters. The number of nitrogens with one attached hydrogen (secondary N) is 1. The van der Waals surface area contributed by atoms with Crippen molar-refractivity contribution in [3.8, 4) is 0 Å². The van der Waals surface area contributed by atoms with Crippen LogP contribution in [0.15, 0.2) is 0 Å². The summed E-state index contributed by atoms with van der Waals surface area (Å²) in [6.45, 7) is 9.62. The van der Waals surface area contributed by atoms with E-state index in [0.29, 0.717) is 0 Å². The minimum atomic E-state index is 0.898. The summed E-state index contributed by atoms with van der Waals surface area (Å²) in [5.41, 5.74) is 0. The van der Waals surface area contributed by atoms with E-state index in [9.17, 15) is 0 Å². The smallest absolute Gasteiger partial charge is 0.0110 e. The maximum atomic E-state index is 3.56. The molecule has 1 N–H and O–H groups in total. The fourth-order valence-electron chi connectivity index (χ4n) is 2.39. The maximum absolute atomic E-state index is 3.56. The highest BCUT2D eigenvalue weighted by atomic mass is 15.2. The molecule has 0 bridgehead atoms. The molecule has 0 radical (unpaired) electrons. The van der Waals surface area contributed by atoms with Gasteiger partial charge in [0.15, 0.2) is 0 Å². The third-order valence-corrected chi connectivity index (χ3v) is 4.01. The van der Waals surface area contributed by atoms with E-state index >= 15 is 0 Å². The molecule has 100 valence electrons. The Morgan fingerprint density at radius 1 is 1.12 bits per heavy atom. The molecule has 0 aromatic rings. The Bertz CT molecular complexity index is 209. The van der Waals surface area contributed by atoms with Gasteiger partial charge < -0.3 is 15.1 Å². The van der Waals surface area contributed by atoms with E-state index in [1.807, 2.05) is 0 Å². The summed E-state index contributed by atoms with van der Waals surface area (Å²) >= 11 is 0. The molecule has 1 saturated carbocycles. The zero-order valence-electron chi connectivity index (χ0n) is 11.5. The van der Waals surface area contributed by atoms with Crippen molar-refractivity contribution in [3.05, 3.63) is 0 Å². The van der Waals surface area contributed by atoms with Crippen molar-refractivity contribution in [2.24, 2.45) is 0 Å². The minimum absolute atomic E-state index is 0.898. The van der Waals surface area contributed by atoms with E-state index < -0.39 is 0 Å². The maximum Gasteiger partial charge on any atom is 0.0110 e. The molecule has 0 amide bonds. The molecule has 0 aromatic heterocycles. The zero-order chi connectivity index (χ0) is 12.1. The zero-order valence-corrected chi connectivity index (χ0v) is 11.5.